The van der Waals surface area contributed by atoms with Crippen LogP contribution in [0.15, 0.2) is 41.8 Å². The van der Waals surface area contributed by atoms with Crippen LogP contribution in [-0.2, 0) is 5.75 Å². The molecule has 1 aromatic heterocycles. The molecule has 0 fully saturated rings. The fourth-order valence-corrected chi connectivity index (χ4v) is 2.64. The first-order chi connectivity index (χ1) is 10.2. The van der Waals surface area contributed by atoms with Crippen molar-refractivity contribution in [3.63, 3.8) is 0 Å². The van der Waals surface area contributed by atoms with Crippen LogP contribution in [-0.4, -0.2) is 21.4 Å². The topological polar surface area (TPSA) is 81.0 Å². The van der Waals surface area contributed by atoms with Gasteiger partial charge in [0.2, 0.25) is 0 Å². The number of nitrogens with one attached hydrogen (secondary N) is 1. The Morgan fingerprint density at radius 1 is 1.38 bits per heavy atom. The number of hydrogen-bond donors (Lipinski definition) is 1. The summed E-state index contributed by atoms with van der Waals surface area (Å²) in [7, 11) is 0. The van der Waals surface area contributed by atoms with Crippen molar-refractivity contribution < 1.29 is 4.92 Å². The van der Waals surface area contributed by atoms with E-state index in [1.54, 1.807) is 24.7 Å². The molecule has 0 spiro atoms. The average Bonchev–Trinajstić information content (AvgIpc) is 2.52. The van der Waals surface area contributed by atoms with Crippen LogP contribution in [0.3, 0.4) is 0 Å². The van der Waals surface area contributed by atoms with Gasteiger partial charge >= 0.3 is 0 Å². The molecule has 1 aromatic carbocycles. The molecule has 6 nitrogen and oxygen atoms in total. The molecule has 7 heteroatoms. The summed E-state index contributed by atoms with van der Waals surface area (Å²) in [4.78, 5) is 19.0. The van der Waals surface area contributed by atoms with Gasteiger partial charge < -0.3 is 5.32 Å². The van der Waals surface area contributed by atoms with Crippen molar-refractivity contribution in [3.8, 4) is 0 Å². The molecular formula is C14H16N4O2S. The summed E-state index contributed by atoms with van der Waals surface area (Å²) in [6, 6.07) is 5.13. The summed E-state index contributed by atoms with van der Waals surface area (Å²) in [6.07, 6.45) is 5.83. The van der Waals surface area contributed by atoms with Crippen molar-refractivity contribution in [2.45, 2.75) is 24.1 Å². The standard InChI is InChI=1S/C14H16N4O2S/c1-2-6-17-14-11(4-3-5-12(14)18(19)20)10-21-13-9-15-7-8-16-13/h3-5,7-9,17H,2,6,10H2,1H3. The van der Waals surface area contributed by atoms with Gasteiger partial charge in [-0.25, -0.2) is 4.98 Å². The van der Waals surface area contributed by atoms with Crippen LogP contribution in [0.1, 0.15) is 18.9 Å². The second-order valence-corrected chi connectivity index (χ2v) is 5.32. The van der Waals surface area contributed by atoms with E-state index in [0.29, 0.717) is 18.0 Å². The quantitative estimate of drug-likeness (QED) is 0.479. The van der Waals surface area contributed by atoms with Crippen LogP contribution >= 0.6 is 11.8 Å². The summed E-state index contributed by atoms with van der Waals surface area (Å²) >= 11 is 1.51. The molecule has 0 amide bonds. The lowest BCUT2D eigenvalue weighted by Crippen LogP contribution is -2.06. The molecule has 0 unspecified atom stereocenters. The van der Waals surface area contributed by atoms with Crippen LogP contribution in [0.5, 0.6) is 0 Å². The van der Waals surface area contributed by atoms with E-state index in [2.05, 4.69) is 15.3 Å². The molecule has 0 aliphatic carbocycles. The summed E-state index contributed by atoms with van der Waals surface area (Å²) in [6.45, 7) is 2.73. The van der Waals surface area contributed by atoms with Gasteiger partial charge in [-0.1, -0.05) is 19.1 Å². The van der Waals surface area contributed by atoms with Gasteiger partial charge in [-0.3, -0.25) is 15.1 Å². The van der Waals surface area contributed by atoms with E-state index in [1.165, 1.54) is 17.8 Å². The monoisotopic (exact) mass is 304 g/mol. The van der Waals surface area contributed by atoms with E-state index in [1.807, 2.05) is 13.0 Å². The fourth-order valence-electron chi connectivity index (χ4n) is 1.82. The second-order valence-electron chi connectivity index (χ2n) is 4.33. The zero-order chi connectivity index (χ0) is 15.1. The van der Waals surface area contributed by atoms with Crippen LogP contribution in [0.25, 0.3) is 0 Å². The lowest BCUT2D eigenvalue weighted by atomic mass is 10.1. The van der Waals surface area contributed by atoms with E-state index in [0.717, 1.165) is 17.0 Å². The maximum absolute atomic E-state index is 11.1. The summed E-state index contributed by atoms with van der Waals surface area (Å²) in [5.41, 5.74) is 1.61. The number of nitro groups is 1. The highest BCUT2D eigenvalue weighted by atomic mass is 32.2. The van der Waals surface area contributed by atoms with E-state index < -0.39 is 0 Å². The van der Waals surface area contributed by atoms with Gasteiger partial charge in [-0.2, -0.15) is 0 Å². The number of rotatable bonds is 7. The van der Waals surface area contributed by atoms with Crippen LogP contribution in [0.2, 0.25) is 0 Å². The maximum Gasteiger partial charge on any atom is 0.292 e. The normalized spacial score (nSPS) is 10.3. The fraction of sp³-hybridized carbons (Fsp3) is 0.286. The predicted octanol–water partition coefficient (Wildman–Crippen LogP) is 3.50. The molecule has 1 N–H and O–H groups in total. The Hall–Kier alpha value is -2.15. The van der Waals surface area contributed by atoms with Gasteiger partial charge in [0.15, 0.2) is 0 Å². The minimum Gasteiger partial charge on any atom is -0.379 e. The Morgan fingerprint density at radius 2 is 2.24 bits per heavy atom. The molecule has 2 rings (SSSR count). The molecule has 0 aliphatic rings. The first-order valence-corrected chi connectivity index (χ1v) is 7.60. The SMILES string of the molecule is CCCNc1c(CSc2cnccn2)cccc1[N+](=O)[O-]. The number of para-hydroxylation sites is 1. The predicted molar refractivity (Wildman–Crippen MR) is 83.5 cm³/mol. The number of nitrogens with zero attached hydrogens (tertiary/aromatic N) is 3. The maximum atomic E-state index is 11.1. The Labute approximate surface area is 127 Å². The van der Waals surface area contributed by atoms with E-state index in [4.69, 9.17) is 0 Å². The Balaban J connectivity index is 2.21. The molecule has 21 heavy (non-hydrogen) atoms. The van der Waals surface area contributed by atoms with Crippen molar-refractivity contribution >= 4 is 23.1 Å². The highest BCUT2D eigenvalue weighted by Crippen LogP contribution is 2.32. The first-order valence-electron chi connectivity index (χ1n) is 6.61. The molecule has 0 radical (unpaired) electrons. The van der Waals surface area contributed by atoms with Crippen LogP contribution in [0, 0.1) is 10.1 Å². The summed E-state index contributed by atoms with van der Waals surface area (Å²) < 4.78 is 0. The summed E-state index contributed by atoms with van der Waals surface area (Å²) in [5.74, 6) is 0.604. The third-order valence-corrected chi connectivity index (χ3v) is 3.75. The number of nitro benzene ring substituents is 1. The molecule has 1 heterocycles. The van der Waals surface area contributed by atoms with Crippen molar-refractivity contribution in [2.75, 3.05) is 11.9 Å². The third kappa shape index (κ3) is 4.16. The molecule has 0 atom stereocenters. The number of hydrogen-bond acceptors (Lipinski definition) is 6. The van der Waals surface area contributed by atoms with Crippen molar-refractivity contribution in [1.82, 2.24) is 9.97 Å². The molecular weight excluding hydrogens is 288 g/mol. The summed E-state index contributed by atoms with van der Waals surface area (Å²) in [5, 5.41) is 15.1. The van der Waals surface area contributed by atoms with Gasteiger partial charge in [0.25, 0.3) is 5.69 Å². The second kappa shape index (κ2) is 7.58. The lowest BCUT2D eigenvalue weighted by Gasteiger charge is -2.11. The van der Waals surface area contributed by atoms with E-state index in [9.17, 15) is 10.1 Å². The van der Waals surface area contributed by atoms with Gasteiger partial charge in [0.05, 0.1) is 11.1 Å². The van der Waals surface area contributed by atoms with Crippen molar-refractivity contribution in [2.24, 2.45) is 0 Å². The van der Waals surface area contributed by atoms with Crippen molar-refractivity contribution in [1.29, 1.82) is 0 Å². The molecule has 110 valence electrons. The highest BCUT2D eigenvalue weighted by Gasteiger charge is 2.17. The number of benzene rings is 1. The Bertz CT molecular complexity index is 607. The lowest BCUT2D eigenvalue weighted by molar-refractivity contribution is -0.384. The largest absolute Gasteiger partial charge is 0.379 e. The minimum absolute atomic E-state index is 0.112. The van der Waals surface area contributed by atoms with E-state index in [-0.39, 0.29) is 10.6 Å². The average molecular weight is 304 g/mol. The van der Waals surface area contributed by atoms with Gasteiger partial charge in [0, 0.05) is 30.8 Å². The molecule has 0 saturated carbocycles. The van der Waals surface area contributed by atoms with E-state index >= 15 is 0 Å². The minimum atomic E-state index is -0.353. The Morgan fingerprint density at radius 3 is 2.90 bits per heavy atom. The van der Waals surface area contributed by atoms with Crippen LogP contribution < -0.4 is 5.32 Å². The Kier molecular flexibility index (Phi) is 5.51. The molecule has 2 aromatic rings. The zero-order valence-corrected chi connectivity index (χ0v) is 12.5. The zero-order valence-electron chi connectivity index (χ0n) is 11.7. The van der Waals surface area contributed by atoms with Gasteiger partial charge in [-0.15, -0.1) is 11.8 Å². The third-order valence-electron chi connectivity index (χ3n) is 2.79. The smallest absolute Gasteiger partial charge is 0.292 e. The number of anilines is 1. The van der Waals surface area contributed by atoms with Crippen LogP contribution in [0.4, 0.5) is 11.4 Å². The van der Waals surface area contributed by atoms with Gasteiger partial charge in [-0.05, 0) is 12.0 Å². The molecule has 0 bridgehead atoms. The number of thioether (sulfide) groups is 1. The first kappa shape index (κ1) is 15.2. The highest BCUT2D eigenvalue weighted by molar-refractivity contribution is 7.98. The molecule has 0 saturated heterocycles. The molecule has 0 aliphatic heterocycles. The van der Waals surface area contributed by atoms with Crippen molar-refractivity contribution in [3.05, 3.63) is 52.5 Å². The van der Waals surface area contributed by atoms with Gasteiger partial charge in [0.1, 0.15) is 10.7 Å². The number of aromatic nitrogens is 2.